The number of hydrogen-bond donors (Lipinski definition) is 2. The summed E-state index contributed by atoms with van der Waals surface area (Å²) in [6.07, 6.45) is 2.69. The van der Waals surface area contributed by atoms with Crippen LogP contribution in [-0.4, -0.2) is 40.0 Å². The molecule has 7 heteroatoms. The number of hydrogen-bond acceptors (Lipinski definition) is 4. The van der Waals surface area contributed by atoms with Gasteiger partial charge < -0.3 is 15.3 Å². The van der Waals surface area contributed by atoms with E-state index in [1.165, 1.54) is 6.07 Å². The summed E-state index contributed by atoms with van der Waals surface area (Å²) >= 11 is 0. The Labute approximate surface area is 146 Å². The van der Waals surface area contributed by atoms with E-state index >= 15 is 0 Å². The standard InChI is InChI=1S/C18H23FN4O2/c1-12-15(11-22(2)21-12)18(25)20-10-13-3-4-17(16(19)9-13)23-7-5-14(24)6-8-23/h3-4,9,11,14,24H,5-8,10H2,1-2H3,(H,20,25). The summed E-state index contributed by atoms with van der Waals surface area (Å²) in [7, 11) is 1.76. The van der Waals surface area contributed by atoms with Crippen LogP contribution in [0.3, 0.4) is 0 Å². The van der Waals surface area contributed by atoms with Crippen LogP contribution in [0.15, 0.2) is 24.4 Å². The molecule has 1 aliphatic rings. The van der Waals surface area contributed by atoms with Crippen molar-refractivity contribution in [3.63, 3.8) is 0 Å². The highest BCUT2D eigenvalue weighted by atomic mass is 19.1. The Morgan fingerprint density at radius 1 is 1.40 bits per heavy atom. The summed E-state index contributed by atoms with van der Waals surface area (Å²) < 4.78 is 16.0. The number of aromatic nitrogens is 2. The van der Waals surface area contributed by atoms with Gasteiger partial charge in [0.15, 0.2) is 0 Å². The maximum atomic E-state index is 14.4. The summed E-state index contributed by atoms with van der Waals surface area (Å²) in [5, 5.41) is 16.5. The lowest BCUT2D eigenvalue weighted by Crippen LogP contribution is -2.36. The molecule has 0 radical (unpaired) electrons. The fourth-order valence-electron chi connectivity index (χ4n) is 3.12. The quantitative estimate of drug-likeness (QED) is 0.885. The van der Waals surface area contributed by atoms with Gasteiger partial charge in [0.2, 0.25) is 0 Å². The summed E-state index contributed by atoms with van der Waals surface area (Å²) in [6.45, 7) is 3.32. The topological polar surface area (TPSA) is 70.4 Å². The van der Waals surface area contributed by atoms with Crippen molar-refractivity contribution in [1.82, 2.24) is 15.1 Å². The highest BCUT2D eigenvalue weighted by Crippen LogP contribution is 2.24. The number of aryl methyl sites for hydroxylation is 2. The number of carbonyl (C=O) groups is 1. The molecule has 1 aliphatic heterocycles. The van der Waals surface area contributed by atoms with Crippen LogP contribution in [-0.2, 0) is 13.6 Å². The van der Waals surface area contributed by atoms with Crippen molar-refractivity contribution in [2.75, 3.05) is 18.0 Å². The molecule has 2 aromatic rings. The second-order valence-electron chi connectivity index (χ2n) is 6.49. The first-order valence-corrected chi connectivity index (χ1v) is 8.44. The van der Waals surface area contributed by atoms with Gasteiger partial charge in [-0.1, -0.05) is 6.07 Å². The second kappa shape index (κ2) is 7.23. The molecule has 0 unspecified atom stereocenters. The zero-order valence-corrected chi connectivity index (χ0v) is 14.5. The van der Waals surface area contributed by atoms with Gasteiger partial charge in [-0.2, -0.15) is 5.10 Å². The number of piperidine rings is 1. The summed E-state index contributed by atoms with van der Waals surface area (Å²) in [6, 6.07) is 5.01. The molecular weight excluding hydrogens is 323 g/mol. The van der Waals surface area contributed by atoms with Crippen molar-refractivity contribution < 1.29 is 14.3 Å². The molecule has 134 valence electrons. The SMILES string of the molecule is Cc1nn(C)cc1C(=O)NCc1ccc(N2CCC(O)CC2)c(F)c1. The average molecular weight is 346 g/mol. The van der Waals surface area contributed by atoms with Gasteiger partial charge in [-0.15, -0.1) is 0 Å². The molecule has 0 aliphatic carbocycles. The van der Waals surface area contributed by atoms with E-state index in [2.05, 4.69) is 10.4 Å². The molecule has 25 heavy (non-hydrogen) atoms. The Hall–Kier alpha value is -2.41. The number of nitrogens with zero attached hydrogens (tertiary/aromatic N) is 3. The van der Waals surface area contributed by atoms with Crippen LogP contribution in [0.5, 0.6) is 0 Å². The van der Waals surface area contributed by atoms with Crippen LogP contribution in [0, 0.1) is 12.7 Å². The average Bonchev–Trinajstić information content (AvgIpc) is 2.92. The second-order valence-corrected chi connectivity index (χ2v) is 6.49. The molecule has 0 bridgehead atoms. The molecule has 2 N–H and O–H groups in total. The van der Waals surface area contributed by atoms with E-state index < -0.39 is 0 Å². The Balaban J connectivity index is 1.63. The smallest absolute Gasteiger partial charge is 0.255 e. The summed E-state index contributed by atoms with van der Waals surface area (Å²) in [5.41, 5.74) is 2.43. The molecule has 0 atom stereocenters. The minimum atomic E-state index is -0.305. The first kappa shape index (κ1) is 17.4. The monoisotopic (exact) mass is 346 g/mol. The van der Waals surface area contributed by atoms with Gasteiger partial charge in [0.1, 0.15) is 5.82 Å². The normalized spacial score (nSPS) is 15.4. The largest absolute Gasteiger partial charge is 0.393 e. The van der Waals surface area contributed by atoms with Gasteiger partial charge in [0.05, 0.1) is 23.0 Å². The molecule has 6 nitrogen and oxygen atoms in total. The Morgan fingerprint density at radius 3 is 2.72 bits per heavy atom. The zero-order chi connectivity index (χ0) is 18.0. The zero-order valence-electron chi connectivity index (χ0n) is 14.5. The van der Waals surface area contributed by atoms with Crippen LogP contribution >= 0.6 is 0 Å². The van der Waals surface area contributed by atoms with Gasteiger partial charge in [0.25, 0.3) is 5.91 Å². The third-order valence-electron chi connectivity index (χ3n) is 4.53. The Morgan fingerprint density at radius 2 is 2.12 bits per heavy atom. The lowest BCUT2D eigenvalue weighted by Gasteiger charge is -2.31. The van der Waals surface area contributed by atoms with Crippen molar-refractivity contribution >= 4 is 11.6 Å². The molecule has 3 rings (SSSR count). The fraction of sp³-hybridized carbons (Fsp3) is 0.444. The maximum absolute atomic E-state index is 14.4. The van der Waals surface area contributed by atoms with E-state index in [9.17, 15) is 14.3 Å². The molecule has 1 saturated heterocycles. The van der Waals surface area contributed by atoms with Crippen LogP contribution < -0.4 is 10.2 Å². The van der Waals surface area contributed by atoms with Crippen molar-refractivity contribution in [2.45, 2.75) is 32.4 Å². The van der Waals surface area contributed by atoms with Gasteiger partial charge >= 0.3 is 0 Å². The number of rotatable bonds is 4. The van der Waals surface area contributed by atoms with Gasteiger partial charge in [-0.05, 0) is 37.5 Å². The van der Waals surface area contributed by atoms with E-state index in [0.717, 1.165) is 0 Å². The highest BCUT2D eigenvalue weighted by Gasteiger charge is 2.20. The molecule has 1 fully saturated rings. The van der Waals surface area contributed by atoms with Crippen molar-refractivity contribution in [2.24, 2.45) is 7.05 Å². The Bertz CT molecular complexity index is 766. The predicted molar refractivity (Wildman–Crippen MR) is 93.0 cm³/mol. The third kappa shape index (κ3) is 3.99. The third-order valence-corrected chi connectivity index (χ3v) is 4.53. The van der Waals surface area contributed by atoms with Gasteiger partial charge in [-0.25, -0.2) is 4.39 Å². The number of halogens is 1. The van der Waals surface area contributed by atoms with E-state index in [1.54, 1.807) is 30.9 Å². The maximum Gasteiger partial charge on any atom is 0.255 e. The van der Waals surface area contributed by atoms with Crippen molar-refractivity contribution in [3.05, 3.63) is 47.0 Å². The van der Waals surface area contributed by atoms with Crippen molar-refractivity contribution in [1.29, 1.82) is 0 Å². The van der Waals surface area contributed by atoms with Crippen molar-refractivity contribution in [3.8, 4) is 0 Å². The van der Waals surface area contributed by atoms with Crippen LogP contribution in [0.2, 0.25) is 0 Å². The number of carbonyl (C=O) groups excluding carboxylic acids is 1. The highest BCUT2D eigenvalue weighted by molar-refractivity contribution is 5.94. The minimum absolute atomic E-state index is 0.222. The summed E-state index contributed by atoms with van der Waals surface area (Å²) in [4.78, 5) is 14.1. The number of aliphatic hydroxyl groups is 1. The first-order valence-electron chi connectivity index (χ1n) is 8.44. The Kier molecular flexibility index (Phi) is 5.03. The lowest BCUT2D eigenvalue weighted by molar-refractivity contribution is 0.0950. The lowest BCUT2D eigenvalue weighted by atomic mass is 10.1. The number of amides is 1. The van der Waals surface area contributed by atoms with Crippen LogP contribution in [0.25, 0.3) is 0 Å². The fourth-order valence-corrected chi connectivity index (χ4v) is 3.12. The van der Waals surface area contributed by atoms with E-state index in [0.29, 0.717) is 48.4 Å². The van der Waals surface area contributed by atoms with Crippen LogP contribution in [0.4, 0.5) is 10.1 Å². The molecule has 1 aromatic carbocycles. The number of aliphatic hydroxyl groups excluding tert-OH is 1. The van der Waals surface area contributed by atoms with E-state index in [1.807, 2.05) is 11.0 Å². The van der Waals surface area contributed by atoms with E-state index in [4.69, 9.17) is 0 Å². The van der Waals surface area contributed by atoms with Gasteiger partial charge in [0, 0.05) is 32.9 Å². The summed E-state index contributed by atoms with van der Waals surface area (Å²) in [5.74, 6) is -0.527. The molecule has 1 amide bonds. The molecular formula is C18H23FN4O2. The molecule has 1 aromatic heterocycles. The molecule has 0 saturated carbocycles. The first-order chi connectivity index (χ1) is 11.9. The number of nitrogens with one attached hydrogen (secondary N) is 1. The molecule has 2 heterocycles. The van der Waals surface area contributed by atoms with E-state index in [-0.39, 0.29) is 24.4 Å². The predicted octanol–water partition coefficient (Wildman–Crippen LogP) is 1.76. The number of anilines is 1. The van der Waals surface area contributed by atoms with Gasteiger partial charge in [-0.3, -0.25) is 9.48 Å². The minimum Gasteiger partial charge on any atom is -0.393 e. The number of benzene rings is 1. The van der Waals surface area contributed by atoms with Crippen LogP contribution in [0.1, 0.15) is 34.5 Å². The molecule has 0 spiro atoms.